The molecule has 0 saturated heterocycles. The molecule has 9 heteroatoms. The van der Waals surface area contributed by atoms with Crippen LogP contribution in [0.3, 0.4) is 0 Å². The highest BCUT2D eigenvalue weighted by atomic mass is 32.1. The van der Waals surface area contributed by atoms with Gasteiger partial charge in [-0.2, -0.15) is 0 Å². The van der Waals surface area contributed by atoms with Gasteiger partial charge in [-0.25, -0.2) is 18.7 Å². The normalized spacial score (nSPS) is 21.0. The Morgan fingerprint density at radius 3 is 2.78 bits per heavy atom. The minimum Gasteiger partial charge on any atom is -0.464 e. The van der Waals surface area contributed by atoms with Crippen molar-refractivity contribution in [2.24, 2.45) is 11.8 Å². The van der Waals surface area contributed by atoms with Crippen LogP contribution in [0.5, 0.6) is 5.19 Å². The Morgan fingerprint density at radius 2 is 2.00 bits per heavy atom. The number of alkyl halides is 2. The highest BCUT2D eigenvalue weighted by molar-refractivity contribution is 7.13. The summed E-state index contributed by atoms with van der Waals surface area (Å²) in [6, 6.07) is 5.79. The van der Waals surface area contributed by atoms with E-state index in [1.165, 1.54) is 24.2 Å². The zero-order valence-electron chi connectivity index (χ0n) is 21.0. The van der Waals surface area contributed by atoms with Crippen molar-refractivity contribution in [1.29, 1.82) is 0 Å². The molecule has 1 saturated carbocycles. The first kappa shape index (κ1) is 25.3. The number of fused-ring (bicyclic) bond motifs is 2. The van der Waals surface area contributed by atoms with E-state index in [-0.39, 0.29) is 5.78 Å². The number of imidazole rings is 1. The van der Waals surface area contributed by atoms with Crippen molar-refractivity contribution in [1.82, 2.24) is 19.9 Å². The molecule has 194 valence electrons. The standard InChI is InChI=1S/C27H34F2N4O2S/c1-17-30-21-5-3-4-20(25(21)31-17)23(34)14-19-8-6-18(7-9-19)10-12-33-13-11-24-22(15-33)32-26(36-24)35-16-27(2,28)29/h3-5,18-19H,6-16H2,1-2H3,(H,30,31). The Kier molecular flexibility index (Phi) is 7.40. The molecular weight excluding hydrogens is 482 g/mol. The van der Waals surface area contributed by atoms with Gasteiger partial charge in [0.1, 0.15) is 5.82 Å². The fourth-order valence-corrected chi connectivity index (χ4v) is 6.42. The summed E-state index contributed by atoms with van der Waals surface area (Å²) in [5, 5.41) is 0.356. The van der Waals surface area contributed by atoms with Gasteiger partial charge in [0.05, 0.1) is 16.7 Å². The maximum Gasteiger partial charge on any atom is 0.278 e. The van der Waals surface area contributed by atoms with Crippen LogP contribution in [0.2, 0.25) is 0 Å². The second kappa shape index (κ2) is 10.5. The van der Waals surface area contributed by atoms with Crippen LogP contribution < -0.4 is 4.74 Å². The number of rotatable bonds is 9. The number of aryl methyl sites for hydroxylation is 1. The lowest BCUT2D eigenvalue weighted by molar-refractivity contribution is -0.0230. The summed E-state index contributed by atoms with van der Waals surface area (Å²) >= 11 is 1.40. The lowest BCUT2D eigenvalue weighted by atomic mass is 9.78. The van der Waals surface area contributed by atoms with Crippen LogP contribution in [-0.4, -0.2) is 51.3 Å². The molecule has 5 rings (SSSR count). The molecule has 3 aromatic rings. The molecule has 0 radical (unpaired) electrons. The summed E-state index contributed by atoms with van der Waals surface area (Å²) in [6.45, 7) is 4.90. The lowest BCUT2D eigenvalue weighted by Crippen LogP contribution is -2.32. The number of para-hydroxylation sites is 1. The zero-order valence-corrected chi connectivity index (χ0v) is 21.8. The van der Waals surface area contributed by atoms with Gasteiger partial charge in [0.15, 0.2) is 12.4 Å². The van der Waals surface area contributed by atoms with Crippen molar-refractivity contribution < 1.29 is 18.3 Å². The quantitative estimate of drug-likeness (QED) is 0.344. The lowest BCUT2D eigenvalue weighted by Gasteiger charge is -2.31. The van der Waals surface area contributed by atoms with Gasteiger partial charge in [-0.05, 0) is 63.1 Å². The molecule has 0 bridgehead atoms. The number of hydrogen-bond donors (Lipinski definition) is 1. The molecule has 0 spiro atoms. The van der Waals surface area contributed by atoms with Crippen molar-refractivity contribution >= 4 is 28.2 Å². The average molecular weight is 517 g/mol. The van der Waals surface area contributed by atoms with Crippen molar-refractivity contribution in [3.05, 3.63) is 40.2 Å². The van der Waals surface area contributed by atoms with E-state index in [9.17, 15) is 13.6 Å². The third-order valence-corrected chi connectivity index (χ3v) is 8.53. The fourth-order valence-electron chi connectivity index (χ4n) is 5.51. The molecule has 1 N–H and O–H groups in total. The predicted octanol–water partition coefficient (Wildman–Crippen LogP) is 6.19. The van der Waals surface area contributed by atoms with Gasteiger partial charge in [-0.1, -0.05) is 30.2 Å². The topological polar surface area (TPSA) is 71.1 Å². The van der Waals surface area contributed by atoms with Crippen molar-refractivity contribution in [2.75, 3.05) is 19.7 Å². The zero-order chi connectivity index (χ0) is 25.3. The number of aromatic nitrogens is 3. The third kappa shape index (κ3) is 6.11. The van der Waals surface area contributed by atoms with Gasteiger partial charge in [0.2, 0.25) is 0 Å². The number of nitrogens with zero attached hydrogens (tertiary/aromatic N) is 3. The second-order valence-corrected chi connectivity index (χ2v) is 11.6. The first-order valence-electron chi connectivity index (χ1n) is 12.9. The molecule has 2 aromatic heterocycles. The number of ether oxygens (including phenoxy) is 1. The number of H-pyrrole nitrogens is 1. The van der Waals surface area contributed by atoms with Crippen molar-refractivity contribution in [3.63, 3.8) is 0 Å². The molecule has 2 aliphatic rings. The summed E-state index contributed by atoms with van der Waals surface area (Å²) in [5.41, 5.74) is 3.43. The minimum atomic E-state index is -2.85. The van der Waals surface area contributed by atoms with Crippen LogP contribution in [-0.2, 0) is 13.0 Å². The van der Waals surface area contributed by atoms with E-state index in [4.69, 9.17) is 4.74 Å². The van der Waals surface area contributed by atoms with Crippen LogP contribution in [0.25, 0.3) is 11.0 Å². The van der Waals surface area contributed by atoms with E-state index in [0.717, 1.165) is 85.2 Å². The molecule has 0 amide bonds. The Bertz CT molecular complexity index is 1210. The van der Waals surface area contributed by atoms with Crippen molar-refractivity contribution in [3.8, 4) is 5.19 Å². The van der Waals surface area contributed by atoms with Gasteiger partial charge in [-0.3, -0.25) is 9.69 Å². The van der Waals surface area contributed by atoms with E-state index in [1.807, 2.05) is 25.1 Å². The minimum absolute atomic E-state index is 0.203. The molecule has 0 unspecified atom stereocenters. The SMILES string of the molecule is Cc1nc2c(C(=O)CC3CCC(CCN4CCc5sc(OCC(C)(F)F)nc5C4)CC3)cccc2[nH]1. The highest BCUT2D eigenvalue weighted by Crippen LogP contribution is 2.35. The average Bonchev–Trinajstić information content (AvgIpc) is 3.43. The second-order valence-electron chi connectivity index (χ2n) is 10.6. The summed E-state index contributed by atoms with van der Waals surface area (Å²) in [5.74, 6) is -0.673. The maximum absolute atomic E-state index is 13.1. The number of ketones is 1. The molecule has 3 heterocycles. The van der Waals surface area contributed by atoms with Gasteiger partial charge < -0.3 is 9.72 Å². The van der Waals surface area contributed by atoms with Gasteiger partial charge in [0, 0.05) is 36.9 Å². The Labute approximate surface area is 214 Å². The number of Topliss-reactive ketones (excluding diaryl/α,β-unsaturated/α-hetero) is 1. The fraction of sp³-hybridized carbons (Fsp3) is 0.593. The Balaban J connectivity index is 1.06. The molecule has 0 atom stereocenters. The molecule has 1 fully saturated rings. The highest BCUT2D eigenvalue weighted by Gasteiger charge is 2.27. The maximum atomic E-state index is 13.1. The molecular formula is C27H34F2N4O2S. The number of halogens is 2. The number of thiazole rings is 1. The summed E-state index contributed by atoms with van der Waals surface area (Å²) < 4.78 is 31.4. The van der Waals surface area contributed by atoms with E-state index in [0.29, 0.717) is 23.5 Å². The van der Waals surface area contributed by atoms with Crippen molar-refractivity contribution in [2.45, 2.75) is 71.3 Å². The van der Waals surface area contributed by atoms with Crippen LogP contribution in [0, 0.1) is 18.8 Å². The van der Waals surface area contributed by atoms with E-state index < -0.39 is 12.5 Å². The molecule has 1 aromatic carbocycles. The number of aromatic amines is 1. The Morgan fingerprint density at radius 1 is 1.22 bits per heavy atom. The Hall–Kier alpha value is -2.39. The first-order chi connectivity index (χ1) is 17.2. The summed E-state index contributed by atoms with van der Waals surface area (Å²) in [6.07, 6.45) is 7.19. The monoisotopic (exact) mass is 516 g/mol. The van der Waals surface area contributed by atoms with Gasteiger partial charge >= 0.3 is 0 Å². The van der Waals surface area contributed by atoms with Crippen LogP contribution >= 0.6 is 11.3 Å². The van der Waals surface area contributed by atoms with E-state index in [2.05, 4.69) is 19.9 Å². The number of nitrogens with one attached hydrogen (secondary N) is 1. The van der Waals surface area contributed by atoms with Crippen LogP contribution in [0.15, 0.2) is 18.2 Å². The van der Waals surface area contributed by atoms with Gasteiger partial charge in [-0.15, -0.1) is 0 Å². The first-order valence-corrected chi connectivity index (χ1v) is 13.8. The summed E-state index contributed by atoms with van der Waals surface area (Å²) in [4.78, 5) is 28.8. The smallest absolute Gasteiger partial charge is 0.278 e. The third-order valence-electron chi connectivity index (χ3n) is 7.46. The van der Waals surface area contributed by atoms with Crippen LogP contribution in [0.4, 0.5) is 8.78 Å². The molecule has 1 aliphatic carbocycles. The molecule has 36 heavy (non-hydrogen) atoms. The summed E-state index contributed by atoms with van der Waals surface area (Å²) in [7, 11) is 0. The molecule has 6 nitrogen and oxygen atoms in total. The van der Waals surface area contributed by atoms with E-state index in [1.54, 1.807) is 0 Å². The number of carbonyl (C=O) groups excluding carboxylic acids is 1. The number of carbonyl (C=O) groups is 1. The van der Waals surface area contributed by atoms with E-state index >= 15 is 0 Å². The number of hydrogen-bond acceptors (Lipinski definition) is 6. The van der Waals surface area contributed by atoms with Gasteiger partial charge in [0.25, 0.3) is 11.1 Å². The largest absolute Gasteiger partial charge is 0.464 e. The van der Waals surface area contributed by atoms with Crippen LogP contribution in [0.1, 0.15) is 72.2 Å². The predicted molar refractivity (Wildman–Crippen MR) is 137 cm³/mol. The number of benzene rings is 1. The molecule has 1 aliphatic heterocycles.